The van der Waals surface area contributed by atoms with Crippen LogP contribution in [-0.2, 0) is 11.3 Å². The molecule has 0 bridgehead atoms. The Balaban J connectivity index is 2.57. The highest BCUT2D eigenvalue weighted by molar-refractivity contribution is 9.10. The van der Waals surface area contributed by atoms with Crippen molar-refractivity contribution in [1.29, 1.82) is 0 Å². The third kappa shape index (κ3) is 4.72. The molecule has 1 atom stereocenters. The molecule has 1 N–H and O–H groups in total. The summed E-state index contributed by atoms with van der Waals surface area (Å²) in [5.41, 5.74) is 0.994. The molecule has 0 aliphatic rings. The number of nitrogens with one attached hydrogen (secondary N) is 1. The quantitative estimate of drug-likeness (QED) is 0.620. The lowest BCUT2D eigenvalue weighted by Gasteiger charge is -2.13. The molecule has 1 unspecified atom stereocenters. The molecule has 0 aromatic heterocycles. The van der Waals surface area contributed by atoms with E-state index < -0.39 is 0 Å². The molecule has 18 heavy (non-hydrogen) atoms. The fourth-order valence-electron chi connectivity index (χ4n) is 1.50. The van der Waals surface area contributed by atoms with Gasteiger partial charge < -0.3 is 10.1 Å². The maximum atomic E-state index is 10.8. The van der Waals surface area contributed by atoms with Crippen LogP contribution >= 0.6 is 15.9 Å². The minimum Gasteiger partial charge on any atom is -0.385 e. The van der Waals surface area contributed by atoms with Crippen molar-refractivity contribution in [3.05, 3.63) is 38.3 Å². The third-order valence-corrected chi connectivity index (χ3v) is 3.29. The Hall–Kier alpha value is -0.980. The average Bonchev–Trinajstić information content (AvgIpc) is 2.35. The van der Waals surface area contributed by atoms with Crippen molar-refractivity contribution >= 4 is 21.6 Å². The second-order valence-electron chi connectivity index (χ2n) is 4.11. The van der Waals surface area contributed by atoms with Gasteiger partial charge in [-0.15, -0.1) is 0 Å². The van der Waals surface area contributed by atoms with Crippen LogP contribution in [0.1, 0.15) is 18.9 Å². The van der Waals surface area contributed by atoms with E-state index >= 15 is 0 Å². The van der Waals surface area contributed by atoms with Gasteiger partial charge in [-0.1, -0.05) is 6.07 Å². The average molecular weight is 317 g/mol. The lowest BCUT2D eigenvalue weighted by molar-refractivity contribution is -0.385. The molecule has 0 aliphatic heterocycles. The topological polar surface area (TPSA) is 64.4 Å². The van der Waals surface area contributed by atoms with Gasteiger partial charge in [0, 0.05) is 32.4 Å². The Morgan fingerprint density at radius 1 is 1.56 bits per heavy atom. The predicted molar refractivity (Wildman–Crippen MR) is 73.6 cm³/mol. The second-order valence-corrected chi connectivity index (χ2v) is 4.96. The van der Waals surface area contributed by atoms with Gasteiger partial charge in [0.1, 0.15) is 0 Å². The van der Waals surface area contributed by atoms with E-state index in [0.717, 1.165) is 12.0 Å². The van der Waals surface area contributed by atoms with Gasteiger partial charge in [0.05, 0.1) is 9.40 Å². The normalized spacial score (nSPS) is 12.4. The summed E-state index contributed by atoms with van der Waals surface area (Å²) in [6.07, 6.45) is 0.912. The minimum atomic E-state index is -0.387. The number of halogens is 1. The first-order valence-electron chi connectivity index (χ1n) is 5.69. The van der Waals surface area contributed by atoms with E-state index in [1.54, 1.807) is 19.2 Å². The first-order chi connectivity index (χ1) is 8.54. The maximum absolute atomic E-state index is 10.8. The van der Waals surface area contributed by atoms with Crippen molar-refractivity contribution in [2.24, 2.45) is 0 Å². The van der Waals surface area contributed by atoms with E-state index in [0.29, 0.717) is 23.7 Å². The van der Waals surface area contributed by atoms with Crippen LogP contribution in [0, 0.1) is 10.1 Å². The molecule has 1 aromatic rings. The molecule has 5 nitrogen and oxygen atoms in total. The van der Waals surface area contributed by atoms with Crippen molar-refractivity contribution in [2.75, 3.05) is 13.7 Å². The molecule has 6 heteroatoms. The summed E-state index contributed by atoms with van der Waals surface area (Å²) in [5, 5.41) is 14.1. The van der Waals surface area contributed by atoms with Crippen LogP contribution in [0.2, 0.25) is 0 Å². The van der Waals surface area contributed by atoms with Gasteiger partial charge in [-0.25, -0.2) is 0 Å². The highest BCUT2D eigenvalue weighted by atomic mass is 79.9. The van der Waals surface area contributed by atoms with E-state index in [1.807, 2.05) is 6.07 Å². The highest BCUT2D eigenvalue weighted by Crippen LogP contribution is 2.25. The third-order valence-electron chi connectivity index (χ3n) is 2.62. The SMILES string of the molecule is COCCC(C)NCc1ccc(Br)c([N+](=O)[O-])c1. The van der Waals surface area contributed by atoms with Gasteiger partial charge in [0.2, 0.25) is 0 Å². The summed E-state index contributed by atoms with van der Waals surface area (Å²) in [7, 11) is 1.67. The van der Waals surface area contributed by atoms with Crippen LogP contribution in [0.15, 0.2) is 22.7 Å². The maximum Gasteiger partial charge on any atom is 0.283 e. The number of hydrogen-bond acceptors (Lipinski definition) is 4. The zero-order chi connectivity index (χ0) is 13.5. The van der Waals surface area contributed by atoms with Crippen LogP contribution in [0.5, 0.6) is 0 Å². The predicted octanol–water partition coefficient (Wildman–Crippen LogP) is 2.87. The zero-order valence-corrected chi connectivity index (χ0v) is 12.1. The first-order valence-corrected chi connectivity index (χ1v) is 6.49. The Labute approximate surface area is 115 Å². The van der Waals surface area contributed by atoms with Gasteiger partial charge in [-0.3, -0.25) is 10.1 Å². The molecule has 0 saturated carbocycles. The number of ether oxygens (including phenoxy) is 1. The van der Waals surface area contributed by atoms with Gasteiger partial charge in [0.15, 0.2) is 0 Å². The second kappa shape index (κ2) is 7.45. The summed E-state index contributed by atoms with van der Waals surface area (Å²) in [5.74, 6) is 0. The molecule has 0 amide bonds. The molecule has 1 rings (SSSR count). The number of hydrogen-bond donors (Lipinski definition) is 1. The van der Waals surface area contributed by atoms with Crippen LogP contribution in [0.3, 0.4) is 0 Å². The van der Waals surface area contributed by atoms with Gasteiger partial charge in [-0.05, 0) is 40.9 Å². The monoisotopic (exact) mass is 316 g/mol. The molecule has 0 saturated heterocycles. The largest absolute Gasteiger partial charge is 0.385 e. The van der Waals surface area contributed by atoms with Crippen molar-refractivity contribution in [1.82, 2.24) is 5.32 Å². The van der Waals surface area contributed by atoms with Crippen LogP contribution < -0.4 is 5.32 Å². The van der Waals surface area contributed by atoms with Crippen LogP contribution in [0.4, 0.5) is 5.69 Å². The molecule has 100 valence electrons. The lowest BCUT2D eigenvalue weighted by Crippen LogP contribution is -2.26. The van der Waals surface area contributed by atoms with Crippen molar-refractivity contribution in [2.45, 2.75) is 25.9 Å². The van der Waals surface area contributed by atoms with E-state index in [1.165, 1.54) is 0 Å². The standard InChI is InChI=1S/C12H17BrN2O3/c1-9(5-6-18-2)14-8-10-3-4-11(13)12(7-10)15(16)17/h3-4,7,9,14H,5-6,8H2,1-2H3. The summed E-state index contributed by atoms with van der Waals surface area (Å²) in [6, 6.07) is 5.47. The number of nitrogens with zero attached hydrogens (tertiary/aromatic N) is 1. The fraction of sp³-hybridized carbons (Fsp3) is 0.500. The van der Waals surface area contributed by atoms with E-state index in [4.69, 9.17) is 4.74 Å². The first kappa shape index (κ1) is 15.1. The Kier molecular flexibility index (Phi) is 6.24. The van der Waals surface area contributed by atoms with E-state index in [9.17, 15) is 10.1 Å². The summed E-state index contributed by atoms with van der Waals surface area (Å²) in [6.45, 7) is 3.37. The van der Waals surface area contributed by atoms with Gasteiger partial charge >= 0.3 is 0 Å². The van der Waals surface area contributed by atoms with Crippen molar-refractivity contribution in [3.8, 4) is 0 Å². The van der Waals surface area contributed by atoms with Crippen molar-refractivity contribution in [3.63, 3.8) is 0 Å². The highest BCUT2D eigenvalue weighted by Gasteiger charge is 2.12. The number of methoxy groups -OCH3 is 1. The Morgan fingerprint density at radius 3 is 2.89 bits per heavy atom. The molecule has 0 fully saturated rings. The molecule has 0 spiro atoms. The summed E-state index contributed by atoms with van der Waals surface area (Å²) in [4.78, 5) is 10.4. The molecule has 1 aromatic carbocycles. The Morgan fingerprint density at radius 2 is 2.28 bits per heavy atom. The van der Waals surface area contributed by atoms with Crippen molar-refractivity contribution < 1.29 is 9.66 Å². The number of rotatable bonds is 7. The fourth-order valence-corrected chi connectivity index (χ4v) is 1.89. The summed E-state index contributed by atoms with van der Waals surface area (Å²) < 4.78 is 5.50. The molecule has 0 radical (unpaired) electrons. The Bertz CT molecular complexity index is 412. The van der Waals surface area contributed by atoms with Gasteiger partial charge in [0.25, 0.3) is 5.69 Å². The van der Waals surface area contributed by atoms with E-state index in [-0.39, 0.29) is 10.6 Å². The van der Waals surface area contributed by atoms with Crippen LogP contribution in [0.25, 0.3) is 0 Å². The zero-order valence-electron chi connectivity index (χ0n) is 10.5. The smallest absolute Gasteiger partial charge is 0.283 e. The molecule has 0 heterocycles. The van der Waals surface area contributed by atoms with Crippen LogP contribution in [-0.4, -0.2) is 24.7 Å². The van der Waals surface area contributed by atoms with E-state index in [2.05, 4.69) is 28.2 Å². The molecule has 0 aliphatic carbocycles. The molecular weight excluding hydrogens is 300 g/mol. The summed E-state index contributed by atoms with van der Waals surface area (Å²) >= 11 is 3.17. The minimum absolute atomic E-state index is 0.0962. The lowest BCUT2D eigenvalue weighted by atomic mass is 10.2. The number of nitro groups is 1. The number of nitro benzene ring substituents is 1. The number of benzene rings is 1. The molecular formula is C12H17BrN2O3. The van der Waals surface area contributed by atoms with Gasteiger partial charge in [-0.2, -0.15) is 0 Å².